The summed E-state index contributed by atoms with van der Waals surface area (Å²) >= 11 is 0. The fraction of sp³-hybridized carbons (Fsp3) is 0.571. The second-order valence-electron chi connectivity index (χ2n) is 5.19. The first kappa shape index (κ1) is 12.1. The van der Waals surface area contributed by atoms with Gasteiger partial charge in [0.15, 0.2) is 0 Å². The van der Waals surface area contributed by atoms with Gasteiger partial charge in [0, 0.05) is 0 Å². The lowest BCUT2D eigenvalue weighted by Crippen LogP contribution is -2.23. The molecule has 0 radical (unpaired) electrons. The Labute approximate surface area is 102 Å². The molecule has 2 aliphatic rings. The third-order valence-electron chi connectivity index (χ3n) is 3.60. The minimum atomic E-state index is -0.103. The van der Waals surface area contributed by atoms with E-state index in [-0.39, 0.29) is 23.7 Å². The molecule has 1 heterocycles. The van der Waals surface area contributed by atoms with Crippen LogP contribution in [0.25, 0.3) is 0 Å². The second kappa shape index (κ2) is 4.86. The fourth-order valence-electron chi connectivity index (χ4n) is 2.61. The maximum Gasteiger partial charge on any atom is 0.230 e. The predicted octanol–water partition coefficient (Wildman–Crippen LogP) is 2.34. The summed E-state index contributed by atoms with van der Waals surface area (Å²) < 4.78 is 0. The molecular formula is C14H19NO2. The molecule has 0 bridgehead atoms. The molecule has 0 spiro atoms. The van der Waals surface area contributed by atoms with Gasteiger partial charge in [-0.3, -0.25) is 14.9 Å². The Morgan fingerprint density at radius 2 is 2.00 bits per heavy atom. The normalized spacial score (nSPS) is 30.1. The number of hydrogen-bond acceptors (Lipinski definition) is 2. The Morgan fingerprint density at radius 3 is 2.71 bits per heavy atom. The summed E-state index contributed by atoms with van der Waals surface area (Å²) in [5.74, 6) is -0.312. The van der Waals surface area contributed by atoms with E-state index in [1.807, 2.05) is 0 Å². The average molecular weight is 233 g/mol. The number of carbonyl (C=O) groups excluding carboxylic acids is 2. The molecule has 2 rings (SSSR count). The molecule has 0 unspecified atom stereocenters. The molecule has 0 aromatic heterocycles. The van der Waals surface area contributed by atoms with Crippen LogP contribution in [0.5, 0.6) is 0 Å². The summed E-state index contributed by atoms with van der Waals surface area (Å²) in [5, 5.41) is 2.44. The number of nitrogens with one attached hydrogen (secondary N) is 1. The van der Waals surface area contributed by atoms with Gasteiger partial charge in [-0.05, 0) is 39.5 Å². The molecule has 1 aliphatic carbocycles. The summed E-state index contributed by atoms with van der Waals surface area (Å²) in [6, 6.07) is 0. The largest absolute Gasteiger partial charge is 0.296 e. The molecule has 92 valence electrons. The van der Waals surface area contributed by atoms with E-state index in [9.17, 15) is 9.59 Å². The maximum atomic E-state index is 11.6. The van der Waals surface area contributed by atoms with Crippen molar-refractivity contribution in [2.24, 2.45) is 11.8 Å². The van der Waals surface area contributed by atoms with Gasteiger partial charge < -0.3 is 0 Å². The van der Waals surface area contributed by atoms with Crippen molar-refractivity contribution in [3.05, 3.63) is 23.3 Å². The monoisotopic (exact) mass is 233 g/mol. The lowest BCUT2D eigenvalue weighted by molar-refractivity contribution is -0.126. The summed E-state index contributed by atoms with van der Waals surface area (Å²) in [4.78, 5) is 23.0. The van der Waals surface area contributed by atoms with Crippen LogP contribution in [0.3, 0.4) is 0 Å². The van der Waals surface area contributed by atoms with E-state index in [2.05, 4.69) is 31.3 Å². The molecule has 17 heavy (non-hydrogen) atoms. The standard InChI is InChI=1S/C14H19NO2/c1-9(2)4-3-5-10-6-7-11-12(8-10)14(17)15-13(11)16/h4-5,11-12H,3,6-8H2,1-2H3,(H,15,16,17)/b10-5-/t11-,12+/m1/s1. The third kappa shape index (κ3) is 2.65. The zero-order chi connectivity index (χ0) is 12.4. The van der Waals surface area contributed by atoms with Crippen LogP contribution in [0.4, 0.5) is 0 Å². The molecule has 1 saturated heterocycles. The minimum absolute atomic E-state index is 0.0663. The zero-order valence-corrected chi connectivity index (χ0v) is 10.5. The average Bonchev–Trinajstić information content (AvgIpc) is 2.54. The quantitative estimate of drug-likeness (QED) is 0.588. The highest BCUT2D eigenvalue weighted by Crippen LogP contribution is 2.37. The van der Waals surface area contributed by atoms with Crippen LogP contribution in [0.15, 0.2) is 23.3 Å². The Hall–Kier alpha value is -1.38. The van der Waals surface area contributed by atoms with Gasteiger partial charge in [-0.25, -0.2) is 0 Å². The van der Waals surface area contributed by atoms with E-state index in [4.69, 9.17) is 0 Å². The van der Waals surface area contributed by atoms with Gasteiger partial charge in [0.25, 0.3) is 0 Å². The topological polar surface area (TPSA) is 46.2 Å². The Bertz CT molecular complexity index is 402. The Balaban J connectivity index is 2.00. The zero-order valence-electron chi connectivity index (χ0n) is 10.5. The van der Waals surface area contributed by atoms with Gasteiger partial charge in [0.05, 0.1) is 11.8 Å². The first-order valence-corrected chi connectivity index (χ1v) is 6.24. The van der Waals surface area contributed by atoms with Crippen LogP contribution in [-0.4, -0.2) is 11.8 Å². The van der Waals surface area contributed by atoms with Gasteiger partial charge in [0.2, 0.25) is 11.8 Å². The number of imide groups is 1. The third-order valence-corrected chi connectivity index (χ3v) is 3.60. The first-order valence-electron chi connectivity index (χ1n) is 6.24. The molecule has 2 fully saturated rings. The van der Waals surface area contributed by atoms with Gasteiger partial charge in [-0.15, -0.1) is 0 Å². The predicted molar refractivity (Wildman–Crippen MR) is 66.1 cm³/mol. The van der Waals surface area contributed by atoms with Crippen LogP contribution < -0.4 is 5.32 Å². The molecule has 1 saturated carbocycles. The summed E-state index contributed by atoms with van der Waals surface area (Å²) in [6.45, 7) is 4.16. The van der Waals surface area contributed by atoms with Crippen molar-refractivity contribution < 1.29 is 9.59 Å². The van der Waals surface area contributed by atoms with Gasteiger partial charge in [-0.2, -0.15) is 0 Å². The van der Waals surface area contributed by atoms with Crippen molar-refractivity contribution in [1.82, 2.24) is 5.32 Å². The van der Waals surface area contributed by atoms with Crippen molar-refractivity contribution in [3.63, 3.8) is 0 Å². The second-order valence-corrected chi connectivity index (χ2v) is 5.19. The number of allylic oxidation sites excluding steroid dienone is 4. The molecule has 3 heteroatoms. The molecule has 1 aliphatic heterocycles. The van der Waals surface area contributed by atoms with Crippen LogP contribution in [-0.2, 0) is 9.59 Å². The lowest BCUT2D eigenvalue weighted by atomic mass is 9.78. The van der Waals surface area contributed by atoms with Crippen molar-refractivity contribution in [2.75, 3.05) is 0 Å². The van der Waals surface area contributed by atoms with Crippen molar-refractivity contribution in [1.29, 1.82) is 0 Å². The van der Waals surface area contributed by atoms with Crippen molar-refractivity contribution in [3.8, 4) is 0 Å². The molecule has 2 amide bonds. The molecule has 3 nitrogen and oxygen atoms in total. The van der Waals surface area contributed by atoms with Crippen LogP contribution in [0, 0.1) is 11.8 Å². The van der Waals surface area contributed by atoms with Gasteiger partial charge >= 0.3 is 0 Å². The molecule has 0 aromatic rings. The van der Waals surface area contributed by atoms with E-state index >= 15 is 0 Å². The number of carbonyl (C=O) groups is 2. The maximum absolute atomic E-state index is 11.6. The van der Waals surface area contributed by atoms with Crippen molar-refractivity contribution >= 4 is 11.8 Å². The van der Waals surface area contributed by atoms with E-state index in [1.54, 1.807) is 0 Å². The molecular weight excluding hydrogens is 214 g/mol. The molecule has 0 aromatic carbocycles. The molecule has 1 N–H and O–H groups in total. The highest BCUT2D eigenvalue weighted by Gasteiger charge is 2.43. The van der Waals surface area contributed by atoms with Gasteiger partial charge in [-0.1, -0.05) is 23.3 Å². The van der Waals surface area contributed by atoms with E-state index < -0.39 is 0 Å². The lowest BCUT2D eigenvalue weighted by Gasteiger charge is -2.23. The van der Waals surface area contributed by atoms with Crippen molar-refractivity contribution in [2.45, 2.75) is 39.5 Å². The minimum Gasteiger partial charge on any atom is -0.296 e. The Morgan fingerprint density at radius 1 is 1.29 bits per heavy atom. The number of fused-ring (bicyclic) bond motifs is 1. The summed E-state index contributed by atoms with van der Waals surface area (Å²) in [5.41, 5.74) is 2.64. The highest BCUT2D eigenvalue weighted by atomic mass is 16.2. The fourth-order valence-corrected chi connectivity index (χ4v) is 2.61. The Kier molecular flexibility index (Phi) is 3.46. The van der Waals surface area contributed by atoms with Crippen LogP contribution in [0.2, 0.25) is 0 Å². The molecule has 2 atom stereocenters. The summed E-state index contributed by atoms with van der Waals surface area (Å²) in [7, 11) is 0. The highest BCUT2D eigenvalue weighted by molar-refractivity contribution is 6.05. The van der Waals surface area contributed by atoms with Crippen LogP contribution in [0.1, 0.15) is 39.5 Å². The first-order chi connectivity index (χ1) is 8.08. The smallest absolute Gasteiger partial charge is 0.230 e. The van der Waals surface area contributed by atoms with Crippen LogP contribution >= 0.6 is 0 Å². The van der Waals surface area contributed by atoms with Gasteiger partial charge in [0.1, 0.15) is 0 Å². The van der Waals surface area contributed by atoms with E-state index in [0.29, 0.717) is 0 Å². The number of hydrogen-bond donors (Lipinski definition) is 1. The number of amides is 2. The summed E-state index contributed by atoms with van der Waals surface area (Å²) in [6.07, 6.45) is 7.86. The number of rotatable bonds is 2. The van der Waals surface area contributed by atoms with E-state index in [0.717, 1.165) is 25.7 Å². The van der Waals surface area contributed by atoms with E-state index in [1.165, 1.54) is 11.1 Å². The SMILES string of the molecule is CC(C)=CC/C=C1/CC[C@H]2C(=O)NC(=O)[C@H]2C1.